The number of hydrogen-bond acceptors (Lipinski definition) is 4. The SMILES string of the molecule is Cc1noc(C(C)C)c1C(=O)N1CCC(=O)c2ccccc21. The zero-order valence-corrected chi connectivity index (χ0v) is 12.9. The van der Waals surface area contributed by atoms with Crippen LogP contribution in [-0.2, 0) is 0 Å². The lowest BCUT2D eigenvalue weighted by atomic mass is 9.98. The summed E-state index contributed by atoms with van der Waals surface area (Å²) in [6, 6.07) is 7.22. The molecule has 2 aromatic rings. The molecule has 1 amide bonds. The summed E-state index contributed by atoms with van der Waals surface area (Å²) in [5.41, 5.74) is 2.36. The maximum absolute atomic E-state index is 13.0. The molecule has 1 aliphatic heterocycles. The topological polar surface area (TPSA) is 63.4 Å². The molecule has 0 aliphatic carbocycles. The largest absolute Gasteiger partial charge is 0.360 e. The van der Waals surface area contributed by atoms with Crippen molar-refractivity contribution in [3.63, 3.8) is 0 Å². The van der Waals surface area contributed by atoms with E-state index < -0.39 is 0 Å². The molecule has 0 bridgehead atoms. The van der Waals surface area contributed by atoms with E-state index in [1.54, 1.807) is 17.9 Å². The number of carbonyl (C=O) groups is 2. The van der Waals surface area contributed by atoms with E-state index in [1.807, 2.05) is 32.0 Å². The first-order chi connectivity index (χ1) is 10.5. The molecule has 0 saturated carbocycles. The van der Waals surface area contributed by atoms with Gasteiger partial charge in [0.2, 0.25) is 0 Å². The Hall–Kier alpha value is -2.43. The molecule has 0 atom stereocenters. The number of nitrogens with zero attached hydrogens (tertiary/aromatic N) is 2. The van der Waals surface area contributed by atoms with Crippen molar-refractivity contribution in [1.29, 1.82) is 0 Å². The van der Waals surface area contributed by atoms with Crippen LogP contribution >= 0.6 is 0 Å². The summed E-state index contributed by atoms with van der Waals surface area (Å²) in [7, 11) is 0. The Morgan fingerprint density at radius 3 is 2.77 bits per heavy atom. The average Bonchev–Trinajstić information content (AvgIpc) is 2.89. The number of Topliss-reactive ketones (excluding diaryl/α,β-unsaturated/α-hetero) is 1. The smallest absolute Gasteiger partial charge is 0.263 e. The highest BCUT2D eigenvalue weighted by Crippen LogP contribution is 2.31. The number of hydrogen-bond donors (Lipinski definition) is 0. The number of carbonyl (C=O) groups excluding carboxylic acids is 2. The number of anilines is 1. The van der Waals surface area contributed by atoms with Gasteiger partial charge in [-0.3, -0.25) is 9.59 Å². The molecule has 1 aromatic carbocycles. The first-order valence-electron chi connectivity index (χ1n) is 7.41. The van der Waals surface area contributed by atoms with E-state index in [-0.39, 0.29) is 17.6 Å². The molecular formula is C17H18N2O3. The Kier molecular flexibility index (Phi) is 3.56. The van der Waals surface area contributed by atoms with Crippen molar-refractivity contribution in [3.05, 3.63) is 46.8 Å². The van der Waals surface area contributed by atoms with Gasteiger partial charge in [0.05, 0.1) is 11.4 Å². The van der Waals surface area contributed by atoms with Gasteiger partial charge >= 0.3 is 0 Å². The van der Waals surface area contributed by atoms with Gasteiger partial charge in [0.15, 0.2) is 11.5 Å². The zero-order chi connectivity index (χ0) is 15.9. The molecule has 0 saturated heterocycles. The van der Waals surface area contributed by atoms with Crippen LogP contribution in [0.4, 0.5) is 5.69 Å². The molecule has 5 heteroatoms. The minimum Gasteiger partial charge on any atom is -0.360 e. The van der Waals surface area contributed by atoms with Gasteiger partial charge in [-0.25, -0.2) is 0 Å². The quantitative estimate of drug-likeness (QED) is 0.853. The van der Waals surface area contributed by atoms with Crippen LogP contribution in [0.3, 0.4) is 0 Å². The fraction of sp³-hybridized carbons (Fsp3) is 0.353. The van der Waals surface area contributed by atoms with E-state index in [1.165, 1.54) is 0 Å². The van der Waals surface area contributed by atoms with Crippen molar-refractivity contribution < 1.29 is 14.1 Å². The van der Waals surface area contributed by atoms with Gasteiger partial charge in [-0.1, -0.05) is 31.1 Å². The van der Waals surface area contributed by atoms with Gasteiger partial charge in [-0.2, -0.15) is 0 Å². The number of ketones is 1. The first kappa shape index (κ1) is 14.5. The average molecular weight is 298 g/mol. The van der Waals surface area contributed by atoms with E-state index in [4.69, 9.17) is 4.52 Å². The lowest BCUT2D eigenvalue weighted by molar-refractivity contribution is 0.0954. The number of benzene rings is 1. The molecule has 1 aromatic heterocycles. The second kappa shape index (κ2) is 5.40. The third-order valence-electron chi connectivity index (χ3n) is 3.93. The van der Waals surface area contributed by atoms with Gasteiger partial charge in [-0.05, 0) is 19.1 Å². The highest BCUT2D eigenvalue weighted by atomic mass is 16.5. The van der Waals surface area contributed by atoms with E-state index >= 15 is 0 Å². The van der Waals surface area contributed by atoms with Crippen LogP contribution in [-0.4, -0.2) is 23.4 Å². The van der Waals surface area contributed by atoms with Crippen LogP contribution in [0.25, 0.3) is 0 Å². The van der Waals surface area contributed by atoms with Gasteiger partial charge < -0.3 is 9.42 Å². The van der Waals surface area contributed by atoms with E-state index in [0.717, 1.165) is 0 Å². The van der Waals surface area contributed by atoms with E-state index in [2.05, 4.69) is 5.16 Å². The Morgan fingerprint density at radius 2 is 2.05 bits per heavy atom. The molecule has 5 nitrogen and oxygen atoms in total. The molecular weight excluding hydrogens is 280 g/mol. The second-order valence-corrected chi connectivity index (χ2v) is 5.81. The van der Waals surface area contributed by atoms with E-state index in [0.29, 0.717) is 41.2 Å². The van der Waals surface area contributed by atoms with Crippen LogP contribution in [0.5, 0.6) is 0 Å². The van der Waals surface area contributed by atoms with Crippen molar-refractivity contribution in [2.24, 2.45) is 0 Å². The van der Waals surface area contributed by atoms with Crippen LogP contribution < -0.4 is 4.90 Å². The molecule has 3 rings (SSSR count). The van der Waals surface area contributed by atoms with Crippen LogP contribution in [0, 0.1) is 6.92 Å². The van der Waals surface area contributed by atoms with Crippen molar-refractivity contribution in [2.75, 3.05) is 11.4 Å². The Morgan fingerprint density at radius 1 is 1.32 bits per heavy atom. The highest BCUT2D eigenvalue weighted by Gasteiger charge is 2.32. The monoisotopic (exact) mass is 298 g/mol. The van der Waals surface area contributed by atoms with Crippen molar-refractivity contribution in [1.82, 2.24) is 5.16 Å². The molecule has 0 fully saturated rings. The third-order valence-corrected chi connectivity index (χ3v) is 3.93. The third kappa shape index (κ3) is 2.22. The van der Waals surface area contributed by atoms with Gasteiger partial charge in [0.1, 0.15) is 5.56 Å². The molecule has 0 radical (unpaired) electrons. The number of aromatic nitrogens is 1. The minimum absolute atomic E-state index is 0.0711. The maximum atomic E-state index is 13.0. The Bertz CT molecular complexity index is 746. The van der Waals surface area contributed by atoms with Crippen LogP contribution in [0.2, 0.25) is 0 Å². The number of fused-ring (bicyclic) bond motifs is 1. The predicted molar refractivity (Wildman–Crippen MR) is 82.4 cm³/mol. The minimum atomic E-state index is -0.151. The highest BCUT2D eigenvalue weighted by molar-refractivity contribution is 6.14. The maximum Gasteiger partial charge on any atom is 0.263 e. The molecule has 0 spiro atoms. The summed E-state index contributed by atoms with van der Waals surface area (Å²) in [5, 5.41) is 3.94. The first-order valence-corrected chi connectivity index (χ1v) is 7.41. The number of para-hydroxylation sites is 1. The number of rotatable bonds is 2. The lowest BCUT2D eigenvalue weighted by Crippen LogP contribution is -2.38. The number of amides is 1. The Labute approximate surface area is 128 Å². The summed E-state index contributed by atoms with van der Waals surface area (Å²) in [5.74, 6) is 0.590. The van der Waals surface area contributed by atoms with E-state index in [9.17, 15) is 9.59 Å². The standard InChI is InChI=1S/C17H18N2O3/c1-10(2)16-15(11(3)18-22-16)17(21)19-9-8-14(20)12-6-4-5-7-13(12)19/h4-7,10H,8-9H2,1-3H3. The van der Waals surface area contributed by atoms with Gasteiger partial charge in [0.25, 0.3) is 5.91 Å². The summed E-state index contributed by atoms with van der Waals surface area (Å²) < 4.78 is 5.31. The van der Waals surface area contributed by atoms with Crippen LogP contribution in [0.15, 0.2) is 28.8 Å². The fourth-order valence-corrected chi connectivity index (χ4v) is 2.80. The molecule has 22 heavy (non-hydrogen) atoms. The van der Waals surface area contributed by atoms with Crippen molar-refractivity contribution in [2.45, 2.75) is 33.1 Å². The van der Waals surface area contributed by atoms with Crippen molar-refractivity contribution in [3.8, 4) is 0 Å². The second-order valence-electron chi connectivity index (χ2n) is 5.81. The molecule has 0 N–H and O–H groups in total. The molecule has 0 unspecified atom stereocenters. The summed E-state index contributed by atoms with van der Waals surface area (Å²) in [4.78, 5) is 26.7. The summed E-state index contributed by atoms with van der Waals surface area (Å²) >= 11 is 0. The van der Waals surface area contributed by atoms with Gasteiger partial charge in [-0.15, -0.1) is 0 Å². The molecule has 2 heterocycles. The summed E-state index contributed by atoms with van der Waals surface area (Å²) in [6.45, 7) is 6.08. The molecule has 1 aliphatic rings. The normalized spacial score (nSPS) is 14.4. The zero-order valence-electron chi connectivity index (χ0n) is 12.9. The summed E-state index contributed by atoms with van der Waals surface area (Å²) in [6.07, 6.45) is 0.337. The molecule has 114 valence electrons. The van der Waals surface area contributed by atoms with Gasteiger partial charge in [0, 0.05) is 24.4 Å². The van der Waals surface area contributed by atoms with Crippen molar-refractivity contribution >= 4 is 17.4 Å². The predicted octanol–water partition coefficient (Wildman–Crippen LogP) is 3.34. The fourth-order valence-electron chi connectivity index (χ4n) is 2.80. The van der Waals surface area contributed by atoms with Crippen LogP contribution in [0.1, 0.15) is 58.4 Å². The number of aryl methyl sites for hydroxylation is 1. The lowest BCUT2D eigenvalue weighted by Gasteiger charge is -2.28. The Balaban J connectivity index is 2.06.